The molecule has 1 amide bonds. The summed E-state index contributed by atoms with van der Waals surface area (Å²) < 4.78 is 0. The number of Topliss-reactive ketones (excluding diaryl/α,β-unsaturated/α-hetero) is 1. The Morgan fingerprint density at radius 1 is 1.23 bits per heavy atom. The van der Waals surface area contributed by atoms with E-state index in [4.69, 9.17) is 11.6 Å². The van der Waals surface area contributed by atoms with E-state index in [0.717, 1.165) is 12.3 Å². The molecule has 0 aliphatic heterocycles. The summed E-state index contributed by atoms with van der Waals surface area (Å²) in [7, 11) is 0. The fourth-order valence-corrected chi connectivity index (χ4v) is 3.50. The number of rotatable bonds is 6. The highest BCUT2D eigenvalue weighted by atomic mass is 79.9. The third-order valence-electron chi connectivity index (χ3n) is 4.22. The van der Waals surface area contributed by atoms with Gasteiger partial charge >= 0.3 is 0 Å². The van der Waals surface area contributed by atoms with Gasteiger partial charge in [-0.25, -0.2) is 0 Å². The van der Waals surface area contributed by atoms with Gasteiger partial charge in [-0.05, 0) is 24.5 Å². The van der Waals surface area contributed by atoms with Gasteiger partial charge < -0.3 is 5.32 Å². The van der Waals surface area contributed by atoms with Gasteiger partial charge in [0.25, 0.3) is 5.91 Å². The van der Waals surface area contributed by atoms with Crippen LogP contribution in [0.15, 0.2) is 18.2 Å². The normalized spacial score (nSPS) is 15.5. The number of hydrogen-bond donors (Lipinski definition) is 1. The minimum Gasteiger partial charge on any atom is -0.352 e. The number of benzene rings is 1. The zero-order chi connectivity index (χ0) is 15.9. The van der Waals surface area contributed by atoms with Crippen LogP contribution in [0.4, 0.5) is 0 Å². The zero-order valence-electron chi connectivity index (χ0n) is 12.5. The first kappa shape index (κ1) is 17.5. The van der Waals surface area contributed by atoms with Crippen molar-refractivity contribution in [3.8, 4) is 0 Å². The molecule has 0 saturated heterocycles. The molecule has 5 heteroatoms. The van der Waals surface area contributed by atoms with Crippen molar-refractivity contribution in [1.82, 2.24) is 5.32 Å². The summed E-state index contributed by atoms with van der Waals surface area (Å²) in [5, 5.41) is 3.50. The molecule has 0 heterocycles. The van der Waals surface area contributed by atoms with Crippen LogP contribution >= 0.6 is 27.5 Å². The minimum atomic E-state index is -0.168. The number of alkyl halides is 1. The van der Waals surface area contributed by atoms with Crippen molar-refractivity contribution in [2.45, 2.75) is 38.5 Å². The van der Waals surface area contributed by atoms with E-state index < -0.39 is 0 Å². The number of carbonyl (C=O) groups is 2. The molecule has 1 aromatic rings. The molecule has 1 saturated carbocycles. The summed E-state index contributed by atoms with van der Waals surface area (Å²) in [5.41, 5.74) is 0.942. The first-order valence-electron chi connectivity index (χ1n) is 7.78. The van der Waals surface area contributed by atoms with Gasteiger partial charge in [0.05, 0.1) is 15.9 Å². The van der Waals surface area contributed by atoms with Crippen LogP contribution in [-0.2, 0) is 0 Å². The summed E-state index contributed by atoms with van der Waals surface area (Å²) in [5.74, 6) is 0.522. The SMILES string of the molecule is O=C(CBr)c1ccc(C(=O)NCCC2CCCCC2)c(Cl)c1. The molecule has 3 nitrogen and oxygen atoms in total. The maximum absolute atomic E-state index is 12.2. The zero-order valence-corrected chi connectivity index (χ0v) is 14.9. The van der Waals surface area contributed by atoms with Crippen molar-refractivity contribution in [3.63, 3.8) is 0 Å². The Balaban J connectivity index is 1.87. The molecule has 1 fully saturated rings. The lowest BCUT2D eigenvalue weighted by atomic mass is 9.87. The maximum Gasteiger partial charge on any atom is 0.252 e. The van der Waals surface area contributed by atoms with Crippen molar-refractivity contribution in [1.29, 1.82) is 0 Å². The van der Waals surface area contributed by atoms with E-state index in [1.165, 1.54) is 32.1 Å². The van der Waals surface area contributed by atoms with E-state index in [2.05, 4.69) is 21.2 Å². The fourth-order valence-electron chi connectivity index (χ4n) is 2.91. The van der Waals surface area contributed by atoms with E-state index >= 15 is 0 Å². The van der Waals surface area contributed by atoms with Gasteiger partial charge in [0.15, 0.2) is 5.78 Å². The lowest BCUT2D eigenvalue weighted by Crippen LogP contribution is -2.26. The second-order valence-corrected chi connectivity index (χ2v) is 6.77. The third kappa shape index (κ3) is 4.82. The summed E-state index contributed by atoms with van der Waals surface area (Å²) in [6.45, 7) is 0.682. The van der Waals surface area contributed by atoms with E-state index in [1.54, 1.807) is 18.2 Å². The largest absolute Gasteiger partial charge is 0.352 e. The quantitative estimate of drug-likeness (QED) is 0.573. The molecule has 0 radical (unpaired) electrons. The van der Waals surface area contributed by atoms with Gasteiger partial charge in [-0.1, -0.05) is 65.7 Å². The predicted octanol–water partition coefficient (Wildman–Crippen LogP) is 4.62. The lowest BCUT2D eigenvalue weighted by molar-refractivity contribution is 0.0948. The van der Waals surface area contributed by atoms with Crippen molar-refractivity contribution < 1.29 is 9.59 Å². The van der Waals surface area contributed by atoms with Crippen LogP contribution in [0.2, 0.25) is 5.02 Å². The average molecular weight is 387 g/mol. The average Bonchev–Trinajstić information content (AvgIpc) is 2.54. The van der Waals surface area contributed by atoms with E-state index in [9.17, 15) is 9.59 Å². The Bertz CT molecular complexity index is 541. The molecule has 1 aliphatic rings. The van der Waals surface area contributed by atoms with Crippen LogP contribution in [0.5, 0.6) is 0 Å². The molecular formula is C17H21BrClNO2. The van der Waals surface area contributed by atoms with Gasteiger partial charge in [0.2, 0.25) is 0 Å². The van der Waals surface area contributed by atoms with Gasteiger partial charge in [0.1, 0.15) is 0 Å². The van der Waals surface area contributed by atoms with Crippen LogP contribution in [0, 0.1) is 5.92 Å². The molecule has 22 heavy (non-hydrogen) atoms. The van der Waals surface area contributed by atoms with Crippen LogP contribution < -0.4 is 5.32 Å². The second kappa shape index (κ2) is 8.68. The molecule has 0 spiro atoms. The van der Waals surface area contributed by atoms with Crippen LogP contribution in [-0.4, -0.2) is 23.6 Å². The van der Waals surface area contributed by atoms with Gasteiger partial charge in [-0.3, -0.25) is 9.59 Å². The van der Waals surface area contributed by atoms with Crippen molar-refractivity contribution >= 4 is 39.2 Å². The summed E-state index contributed by atoms with van der Waals surface area (Å²) in [6, 6.07) is 4.82. The van der Waals surface area contributed by atoms with Gasteiger partial charge in [-0.15, -0.1) is 0 Å². The molecular weight excluding hydrogens is 366 g/mol. The highest BCUT2D eigenvalue weighted by molar-refractivity contribution is 9.09. The van der Waals surface area contributed by atoms with E-state index in [-0.39, 0.29) is 17.0 Å². The van der Waals surface area contributed by atoms with Crippen molar-refractivity contribution in [2.24, 2.45) is 5.92 Å². The van der Waals surface area contributed by atoms with Crippen LogP contribution in [0.25, 0.3) is 0 Å². The Morgan fingerprint density at radius 3 is 2.59 bits per heavy atom. The van der Waals surface area contributed by atoms with Crippen molar-refractivity contribution in [2.75, 3.05) is 11.9 Å². The first-order valence-corrected chi connectivity index (χ1v) is 9.28. The Hall–Kier alpha value is -0.870. The number of hydrogen-bond acceptors (Lipinski definition) is 2. The number of amides is 1. The molecule has 1 aromatic carbocycles. The predicted molar refractivity (Wildman–Crippen MR) is 93.1 cm³/mol. The molecule has 0 aromatic heterocycles. The Kier molecular flexibility index (Phi) is 6.90. The molecule has 0 atom stereocenters. The summed E-state index contributed by atoms with van der Waals surface area (Å²) in [6.07, 6.45) is 7.56. The smallest absolute Gasteiger partial charge is 0.252 e. The Morgan fingerprint density at radius 2 is 1.95 bits per heavy atom. The highest BCUT2D eigenvalue weighted by Gasteiger charge is 2.15. The summed E-state index contributed by atoms with van der Waals surface area (Å²) >= 11 is 9.25. The molecule has 1 N–H and O–H groups in total. The van der Waals surface area contributed by atoms with E-state index in [1.807, 2.05) is 0 Å². The molecule has 2 rings (SSSR count). The van der Waals surface area contributed by atoms with Crippen LogP contribution in [0.1, 0.15) is 59.2 Å². The third-order valence-corrected chi connectivity index (χ3v) is 5.04. The number of nitrogens with one attached hydrogen (secondary N) is 1. The number of halogens is 2. The number of carbonyl (C=O) groups excluding carboxylic acids is 2. The fraction of sp³-hybridized carbons (Fsp3) is 0.529. The standard InChI is InChI=1S/C17H21BrClNO2/c18-11-16(21)13-6-7-14(15(19)10-13)17(22)20-9-8-12-4-2-1-3-5-12/h6-7,10,12H,1-5,8-9,11H2,(H,20,22). The maximum atomic E-state index is 12.2. The van der Waals surface area contributed by atoms with Gasteiger partial charge in [-0.2, -0.15) is 0 Å². The Labute approximate surface area is 144 Å². The summed E-state index contributed by atoms with van der Waals surface area (Å²) in [4.78, 5) is 23.8. The first-order chi connectivity index (χ1) is 10.6. The van der Waals surface area contributed by atoms with Crippen molar-refractivity contribution in [3.05, 3.63) is 34.3 Å². The van der Waals surface area contributed by atoms with E-state index in [0.29, 0.717) is 22.7 Å². The number of ketones is 1. The highest BCUT2D eigenvalue weighted by Crippen LogP contribution is 2.26. The molecule has 0 unspecified atom stereocenters. The van der Waals surface area contributed by atoms with Crippen LogP contribution in [0.3, 0.4) is 0 Å². The van der Waals surface area contributed by atoms with Gasteiger partial charge in [0, 0.05) is 12.1 Å². The molecule has 1 aliphatic carbocycles. The molecule has 120 valence electrons. The molecule has 0 bridgehead atoms. The monoisotopic (exact) mass is 385 g/mol. The minimum absolute atomic E-state index is 0.0499. The topological polar surface area (TPSA) is 46.2 Å². The second-order valence-electron chi connectivity index (χ2n) is 5.80. The lowest BCUT2D eigenvalue weighted by Gasteiger charge is -2.21.